The average molecular weight is 446 g/mol. The second kappa shape index (κ2) is 9.50. The molecule has 1 saturated heterocycles. The number of nitrogens with one attached hydrogen (secondary N) is 1. The summed E-state index contributed by atoms with van der Waals surface area (Å²) < 4.78 is 0. The molecule has 1 aliphatic carbocycles. The van der Waals surface area contributed by atoms with Gasteiger partial charge in [0.25, 0.3) is 5.91 Å². The van der Waals surface area contributed by atoms with Crippen LogP contribution in [0.5, 0.6) is 0 Å². The molecule has 1 aliphatic heterocycles. The Morgan fingerprint density at radius 3 is 2.37 bits per heavy atom. The van der Waals surface area contributed by atoms with Crippen LogP contribution >= 0.6 is 22.9 Å². The predicted molar refractivity (Wildman–Crippen MR) is 121 cm³/mol. The molecule has 7 heteroatoms. The second-order valence-electron chi connectivity index (χ2n) is 8.16. The van der Waals surface area contributed by atoms with Crippen molar-refractivity contribution in [3.63, 3.8) is 0 Å². The van der Waals surface area contributed by atoms with Crippen LogP contribution in [-0.4, -0.2) is 60.9 Å². The Balaban J connectivity index is 1.26. The first kappa shape index (κ1) is 21.3. The Morgan fingerprint density at radius 1 is 1.03 bits per heavy atom. The van der Waals surface area contributed by atoms with Crippen molar-refractivity contribution in [2.45, 2.75) is 31.1 Å². The normalized spacial score (nSPS) is 19.0. The summed E-state index contributed by atoms with van der Waals surface area (Å²) in [4.78, 5) is 30.7. The number of piperazine rings is 1. The molecule has 1 aromatic heterocycles. The molecule has 0 bridgehead atoms. The van der Waals surface area contributed by atoms with Crippen LogP contribution in [0.15, 0.2) is 41.8 Å². The van der Waals surface area contributed by atoms with Gasteiger partial charge < -0.3 is 10.2 Å². The van der Waals surface area contributed by atoms with Crippen LogP contribution in [0.2, 0.25) is 5.02 Å². The highest BCUT2D eigenvalue weighted by molar-refractivity contribution is 7.12. The topological polar surface area (TPSA) is 52.7 Å². The number of hydrogen-bond acceptors (Lipinski definition) is 4. The summed E-state index contributed by atoms with van der Waals surface area (Å²) in [7, 11) is 0. The second-order valence-corrected chi connectivity index (χ2v) is 9.55. The van der Waals surface area contributed by atoms with Crippen molar-refractivity contribution in [3.8, 4) is 0 Å². The number of halogens is 1. The number of hydrogen-bond donors (Lipinski definition) is 1. The highest BCUT2D eigenvalue weighted by Crippen LogP contribution is 2.41. The van der Waals surface area contributed by atoms with Crippen LogP contribution in [0.25, 0.3) is 0 Å². The van der Waals surface area contributed by atoms with E-state index in [1.54, 1.807) is 0 Å². The molecule has 160 valence electrons. The van der Waals surface area contributed by atoms with Crippen molar-refractivity contribution in [3.05, 3.63) is 57.2 Å². The SMILES string of the molecule is O=C(c1cccs1)N1CCN(CCNC(=O)C2(c3ccc(Cl)cc3)CCCC2)CC1. The lowest BCUT2D eigenvalue weighted by Gasteiger charge is -2.35. The third-order valence-corrected chi connectivity index (χ3v) is 7.50. The molecule has 30 heavy (non-hydrogen) atoms. The van der Waals surface area contributed by atoms with Crippen LogP contribution in [0.1, 0.15) is 40.9 Å². The van der Waals surface area contributed by atoms with Gasteiger partial charge in [0.05, 0.1) is 10.3 Å². The van der Waals surface area contributed by atoms with Gasteiger partial charge in [-0.2, -0.15) is 0 Å². The lowest BCUT2D eigenvalue weighted by molar-refractivity contribution is -0.126. The lowest BCUT2D eigenvalue weighted by atomic mass is 9.78. The maximum Gasteiger partial charge on any atom is 0.264 e. The Hall–Kier alpha value is -1.89. The Morgan fingerprint density at radius 2 is 1.73 bits per heavy atom. The maximum absolute atomic E-state index is 13.2. The third-order valence-electron chi connectivity index (χ3n) is 6.39. The molecule has 2 heterocycles. The molecule has 1 N–H and O–H groups in total. The van der Waals surface area contributed by atoms with Crippen molar-refractivity contribution in [1.29, 1.82) is 0 Å². The van der Waals surface area contributed by atoms with E-state index in [4.69, 9.17) is 11.6 Å². The van der Waals surface area contributed by atoms with E-state index in [1.807, 2.05) is 46.7 Å². The van der Waals surface area contributed by atoms with E-state index >= 15 is 0 Å². The molecule has 2 amide bonds. The quantitative estimate of drug-likeness (QED) is 0.736. The van der Waals surface area contributed by atoms with Gasteiger partial charge in [-0.3, -0.25) is 14.5 Å². The molecule has 1 aromatic carbocycles. The van der Waals surface area contributed by atoms with Gasteiger partial charge in [-0.25, -0.2) is 0 Å². The average Bonchev–Trinajstić information content (AvgIpc) is 3.47. The van der Waals surface area contributed by atoms with Crippen molar-refractivity contribution in [2.75, 3.05) is 39.3 Å². The smallest absolute Gasteiger partial charge is 0.264 e. The third kappa shape index (κ3) is 4.56. The molecule has 2 aliphatic rings. The summed E-state index contributed by atoms with van der Waals surface area (Å²) in [6.07, 6.45) is 3.94. The van der Waals surface area contributed by atoms with Crippen LogP contribution in [-0.2, 0) is 10.2 Å². The van der Waals surface area contributed by atoms with E-state index < -0.39 is 5.41 Å². The van der Waals surface area contributed by atoms with Crippen molar-refractivity contribution < 1.29 is 9.59 Å². The molecule has 0 radical (unpaired) electrons. The van der Waals surface area contributed by atoms with E-state index in [2.05, 4.69) is 10.2 Å². The molecule has 1 saturated carbocycles. The fraction of sp³-hybridized carbons (Fsp3) is 0.478. The Kier molecular flexibility index (Phi) is 6.76. The highest BCUT2D eigenvalue weighted by atomic mass is 35.5. The molecule has 5 nitrogen and oxygen atoms in total. The first-order valence-electron chi connectivity index (χ1n) is 10.7. The summed E-state index contributed by atoms with van der Waals surface area (Å²) >= 11 is 7.54. The summed E-state index contributed by atoms with van der Waals surface area (Å²) in [5.41, 5.74) is 0.652. The summed E-state index contributed by atoms with van der Waals surface area (Å²) in [5.74, 6) is 0.262. The Bertz CT molecular complexity index is 855. The molecule has 2 fully saturated rings. The van der Waals surface area contributed by atoms with Gasteiger partial charge in [0.15, 0.2) is 0 Å². The van der Waals surface area contributed by atoms with Crippen molar-refractivity contribution in [2.24, 2.45) is 0 Å². The first-order valence-corrected chi connectivity index (χ1v) is 11.9. The highest BCUT2D eigenvalue weighted by Gasteiger charge is 2.42. The number of benzene rings is 1. The van der Waals surface area contributed by atoms with Gasteiger partial charge in [0, 0.05) is 44.3 Å². The first-order chi connectivity index (χ1) is 14.6. The zero-order valence-electron chi connectivity index (χ0n) is 17.1. The minimum absolute atomic E-state index is 0.129. The number of amides is 2. The van der Waals surface area contributed by atoms with Gasteiger partial charge in [0.1, 0.15) is 0 Å². The standard InChI is InChI=1S/C23H28ClN3O2S/c24-19-7-5-18(6-8-19)23(9-1-2-10-23)22(29)25-11-12-26-13-15-27(16-14-26)21(28)20-4-3-17-30-20/h3-8,17H,1-2,9-16H2,(H,25,29). The molecular weight excluding hydrogens is 418 g/mol. The summed E-state index contributed by atoms with van der Waals surface area (Å²) in [6.45, 7) is 4.60. The maximum atomic E-state index is 13.2. The molecule has 2 aromatic rings. The fourth-order valence-electron chi connectivity index (χ4n) is 4.62. The van der Waals surface area contributed by atoms with Crippen LogP contribution < -0.4 is 5.32 Å². The van der Waals surface area contributed by atoms with Crippen LogP contribution in [0, 0.1) is 0 Å². The Labute approximate surface area is 187 Å². The molecule has 0 atom stereocenters. The van der Waals surface area contributed by atoms with Crippen molar-refractivity contribution in [1.82, 2.24) is 15.1 Å². The molecule has 0 spiro atoms. The van der Waals surface area contributed by atoms with Gasteiger partial charge >= 0.3 is 0 Å². The molecule has 4 rings (SSSR count). The minimum atomic E-state index is -0.420. The predicted octanol–water partition coefficient (Wildman–Crippen LogP) is 3.79. The van der Waals surface area contributed by atoms with E-state index in [0.29, 0.717) is 11.6 Å². The van der Waals surface area contributed by atoms with Crippen LogP contribution in [0.3, 0.4) is 0 Å². The van der Waals surface area contributed by atoms with Gasteiger partial charge in [0.2, 0.25) is 5.91 Å². The fourth-order valence-corrected chi connectivity index (χ4v) is 5.44. The van der Waals surface area contributed by atoms with Gasteiger partial charge in [-0.05, 0) is 42.0 Å². The van der Waals surface area contributed by atoms with E-state index in [1.165, 1.54) is 11.3 Å². The van der Waals surface area contributed by atoms with Gasteiger partial charge in [-0.1, -0.05) is 42.6 Å². The van der Waals surface area contributed by atoms with E-state index in [9.17, 15) is 9.59 Å². The monoisotopic (exact) mass is 445 g/mol. The van der Waals surface area contributed by atoms with E-state index in [-0.39, 0.29) is 11.8 Å². The molecular formula is C23H28ClN3O2S. The van der Waals surface area contributed by atoms with Gasteiger partial charge in [-0.15, -0.1) is 11.3 Å². The zero-order chi connectivity index (χ0) is 21.0. The molecule has 0 unspecified atom stereocenters. The largest absolute Gasteiger partial charge is 0.354 e. The lowest BCUT2D eigenvalue weighted by Crippen LogP contribution is -2.51. The van der Waals surface area contributed by atoms with Crippen molar-refractivity contribution >= 4 is 34.8 Å². The number of nitrogens with zero attached hydrogens (tertiary/aromatic N) is 2. The summed E-state index contributed by atoms with van der Waals surface area (Å²) in [6, 6.07) is 11.5. The van der Waals surface area contributed by atoms with Crippen LogP contribution in [0.4, 0.5) is 0 Å². The number of carbonyl (C=O) groups is 2. The number of thiophene rings is 1. The zero-order valence-corrected chi connectivity index (χ0v) is 18.7. The minimum Gasteiger partial charge on any atom is -0.354 e. The van der Waals surface area contributed by atoms with E-state index in [0.717, 1.165) is 68.8 Å². The number of carbonyl (C=O) groups excluding carboxylic acids is 2. The number of rotatable bonds is 6. The summed E-state index contributed by atoms with van der Waals surface area (Å²) in [5, 5.41) is 5.83.